The summed E-state index contributed by atoms with van der Waals surface area (Å²) in [7, 11) is 1.57. The van der Waals surface area contributed by atoms with E-state index in [1.807, 2.05) is 54.6 Å². The van der Waals surface area contributed by atoms with Gasteiger partial charge in [-0.3, -0.25) is 4.79 Å². The van der Waals surface area contributed by atoms with Gasteiger partial charge in [0, 0.05) is 6.54 Å². The lowest BCUT2D eigenvalue weighted by Crippen LogP contribution is -2.28. The van der Waals surface area contributed by atoms with Crippen LogP contribution in [0.5, 0.6) is 17.2 Å². The molecule has 0 aliphatic heterocycles. The summed E-state index contributed by atoms with van der Waals surface area (Å²) < 4.78 is 16.7. The molecule has 0 unspecified atom stereocenters. The van der Waals surface area contributed by atoms with E-state index in [1.54, 1.807) is 19.2 Å². The van der Waals surface area contributed by atoms with Crippen LogP contribution >= 0.6 is 11.6 Å². The van der Waals surface area contributed by atoms with Gasteiger partial charge in [0.25, 0.3) is 5.91 Å². The number of halogens is 1. The summed E-state index contributed by atoms with van der Waals surface area (Å²) >= 11 is 6.04. The topological polar surface area (TPSA) is 80.6 Å². The number of amides is 1. The third-order valence-corrected chi connectivity index (χ3v) is 4.67. The minimum Gasteiger partial charge on any atom is -0.493 e. The molecule has 6 nitrogen and oxygen atoms in total. The Kier molecular flexibility index (Phi) is 7.74. The largest absolute Gasteiger partial charge is 0.493 e. The molecule has 0 aliphatic rings. The second-order valence-electron chi connectivity index (χ2n) is 6.58. The van der Waals surface area contributed by atoms with Crippen LogP contribution in [0.15, 0.2) is 66.7 Å². The van der Waals surface area contributed by atoms with Gasteiger partial charge in [0.05, 0.1) is 23.8 Å². The van der Waals surface area contributed by atoms with E-state index in [2.05, 4.69) is 5.32 Å². The number of hydrogen-bond donors (Lipinski definition) is 1. The second kappa shape index (κ2) is 10.9. The number of benzene rings is 3. The summed E-state index contributed by atoms with van der Waals surface area (Å²) in [5.74, 6) is 1.25. The maximum atomic E-state index is 12.1. The zero-order valence-corrected chi connectivity index (χ0v) is 17.7. The van der Waals surface area contributed by atoms with E-state index in [4.69, 9.17) is 31.1 Å². The van der Waals surface area contributed by atoms with Gasteiger partial charge >= 0.3 is 0 Å². The summed E-state index contributed by atoms with van der Waals surface area (Å²) in [6.45, 7) is 0.544. The average molecular weight is 437 g/mol. The molecule has 0 bridgehead atoms. The molecule has 0 atom stereocenters. The van der Waals surface area contributed by atoms with Crippen molar-refractivity contribution in [2.75, 3.05) is 13.7 Å². The molecule has 0 saturated heterocycles. The number of carbonyl (C=O) groups is 1. The quantitative estimate of drug-likeness (QED) is 0.534. The SMILES string of the molecule is COc1cc(CNC(=O)COc2ccc(C#N)cc2Cl)ccc1OCc1ccccc1. The normalized spacial score (nSPS) is 10.1. The van der Waals surface area contributed by atoms with E-state index in [1.165, 1.54) is 6.07 Å². The highest BCUT2D eigenvalue weighted by molar-refractivity contribution is 6.32. The molecular weight excluding hydrogens is 416 g/mol. The third-order valence-electron chi connectivity index (χ3n) is 4.37. The van der Waals surface area contributed by atoms with Crippen LogP contribution < -0.4 is 19.5 Å². The van der Waals surface area contributed by atoms with E-state index in [9.17, 15) is 4.79 Å². The standard InChI is InChI=1S/C24H21ClN2O4/c1-29-23-12-19(8-10-22(23)30-15-17-5-3-2-4-6-17)14-27-24(28)16-31-21-9-7-18(13-26)11-20(21)25/h2-12H,14-16H2,1H3,(H,27,28). The predicted molar refractivity (Wildman–Crippen MR) is 117 cm³/mol. The van der Waals surface area contributed by atoms with Crippen LogP contribution in [-0.4, -0.2) is 19.6 Å². The van der Waals surface area contributed by atoms with Gasteiger partial charge in [0.1, 0.15) is 12.4 Å². The van der Waals surface area contributed by atoms with Crippen molar-refractivity contribution < 1.29 is 19.0 Å². The van der Waals surface area contributed by atoms with Gasteiger partial charge in [-0.1, -0.05) is 48.0 Å². The molecule has 3 rings (SSSR count). The Hall–Kier alpha value is -3.69. The number of carbonyl (C=O) groups excluding carboxylic acids is 1. The van der Waals surface area contributed by atoms with Gasteiger partial charge in [-0.2, -0.15) is 5.26 Å². The van der Waals surface area contributed by atoms with Gasteiger partial charge in [0.15, 0.2) is 18.1 Å². The molecule has 0 radical (unpaired) electrons. The van der Waals surface area contributed by atoms with Crippen molar-refractivity contribution in [3.63, 3.8) is 0 Å². The van der Waals surface area contributed by atoms with Gasteiger partial charge in [-0.05, 0) is 41.5 Å². The van der Waals surface area contributed by atoms with Gasteiger partial charge < -0.3 is 19.5 Å². The highest BCUT2D eigenvalue weighted by atomic mass is 35.5. The fourth-order valence-corrected chi connectivity index (χ4v) is 2.99. The number of rotatable bonds is 9. The maximum Gasteiger partial charge on any atom is 0.258 e. The molecular formula is C24H21ClN2O4. The van der Waals surface area contributed by atoms with Gasteiger partial charge in [0.2, 0.25) is 0 Å². The lowest BCUT2D eigenvalue weighted by Gasteiger charge is -2.13. The number of nitriles is 1. The van der Waals surface area contributed by atoms with Crippen LogP contribution in [0.2, 0.25) is 5.02 Å². The molecule has 0 heterocycles. The van der Waals surface area contributed by atoms with Crippen LogP contribution in [0, 0.1) is 11.3 Å². The number of nitrogens with zero attached hydrogens (tertiary/aromatic N) is 1. The monoisotopic (exact) mass is 436 g/mol. The van der Waals surface area contributed by atoms with Crippen molar-refractivity contribution in [1.82, 2.24) is 5.32 Å². The minimum atomic E-state index is -0.302. The molecule has 1 amide bonds. The Morgan fingerprint density at radius 2 is 1.74 bits per heavy atom. The summed E-state index contributed by atoms with van der Waals surface area (Å²) in [4.78, 5) is 12.1. The zero-order chi connectivity index (χ0) is 22.1. The molecule has 3 aromatic carbocycles. The summed E-state index contributed by atoms with van der Waals surface area (Å²) in [6, 6.07) is 22.0. The van der Waals surface area contributed by atoms with E-state index < -0.39 is 0 Å². The van der Waals surface area contributed by atoms with E-state index in [0.29, 0.717) is 36.0 Å². The molecule has 7 heteroatoms. The lowest BCUT2D eigenvalue weighted by atomic mass is 10.2. The predicted octanol–water partition coefficient (Wildman–Crippen LogP) is 4.49. The molecule has 0 fully saturated rings. The first kappa shape index (κ1) is 22.0. The number of ether oxygens (including phenoxy) is 3. The Labute approximate surface area is 185 Å². The van der Waals surface area contributed by atoms with E-state index in [0.717, 1.165) is 11.1 Å². The van der Waals surface area contributed by atoms with E-state index >= 15 is 0 Å². The van der Waals surface area contributed by atoms with Crippen LogP contribution in [0.1, 0.15) is 16.7 Å². The summed E-state index contributed by atoms with van der Waals surface area (Å²) in [5.41, 5.74) is 2.34. The molecule has 1 N–H and O–H groups in total. The summed E-state index contributed by atoms with van der Waals surface area (Å²) in [5, 5.41) is 11.9. The minimum absolute atomic E-state index is 0.193. The van der Waals surface area contributed by atoms with Crippen LogP contribution in [0.3, 0.4) is 0 Å². The van der Waals surface area contributed by atoms with Crippen molar-refractivity contribution in [3.05, 3.63) is 88.4 Å². The number of nitrogens with one attached hydrogen (secondary N) is 1. The third kappa shape index (κ3) is 6.39. The summed E-state index contributed by atoms with van der Waals surface area (Å²) in [6.07, 6.45) is 0. The number of hydrogen-bond acceptors (Lipinski definition) is 5. The Bertz CT molecular complexity index is 1080. The first-order valence-electron chi connectivity index (χ1n) is 9.52. The van der Waals surface area contributed by atoms with Crippen LogP contribution in [0.4, 0.5) is 0 Å². The highest BCUT2D eigenvalue weighted by Gasteiger charge is 2.09. The average Bonchev–Trinajstić information content (AvgIpc) is 2.81. The van der Waals surface area contributed by atoms with Gasteiger partial charge in [-0.25, -0.2) is 0 Å². The lowest BCUT2D eigenvalue weighted by molar-refractivity contribution is -0.123. The van der Waals surface area contributed by atoms with Crippen molar-refractivity contribution in [3.8, 4) is 23.3 Å². The molecule has 3 aromatic rings. The fraction of sp³-hybridized carbons (Fsp3) is 0.167. The Balaban J connectivity index is 1.51. The Morgan fingerprint density at radius 1 is 0.968 bits per heavy atom. The zero-order valence-electron chi connectivity index (χ0n) is 16.9. The van der Waals surface area contributed by atoms with Crippen molar-refractivity contribution in [2.24, 2.45) is 0 Å². The number of methoxy groups -OCH3 is 1. The smallest absolute Gasteiger partial charge is 0.258 e. The molecule has 0 saturated carbocycles. The first-order chi connectivity index (χ1) is 15.1. The molecule has 0 spiro atoms. The molecule has 0 aliphatic carbocycles. The first-order valence-corrected chi connectivity index (χ1v) is 9.89. The van der Waals surface area contributed by atoms with E-state index in [-0.39, 0.29) is 17.5 Å². The maximum absolute atomic E-state index is 12.1. The Morgan fingerprint density at radius 3 is 2.45 bits per heavy atom. The molecule has 31 heavy (non-hydrogen) atoms. The second-order valence-corrected chi connectivity index (χ2v) is 6.99. The highest BCUT2D eigenvalue weighted by Crippen LogP contribution is 2.29. The van der Waals surface area contributed by atoms with Crippen molar-refractivity contribution in [2.45, 2.75) is 13.2 Å². The van der Waals surface area contributed by atoms with Crippen LogP contribution in [-0.2, 0) is 17.9 Å². The fourth-order valence-electron chi connectivity index (χ4n) is 2.76. The van der Waals surface area contributed by atoms with Crippen LogP contribution in [0.25, 0.3) is 0 Å². The molecule has 0 aromatic heterocycles. The van der Waals surface area contributed by atoms with Crippen molar-refractivity contribution >= 4 is 17.5 Å². The van der Waals surface area contributed by atoms with Gasteiger partial charge in [-0.15, -0.1) is 0 Å². The van der Waals surface area contributed by atoms with Crippen molar-refractivity contribution in [1.29, 1.82) is 5.26 Å². The molecule has 158 valence electrons.